The van der Waals surface area contributed by atoms with Crippen LogP contribution in [-0.4, -0.2) is 18.2 Å². The van der Waals surface area contributed by atoms with Gasteiger partial charge in [-0.05, 0) is 78.7 Å². The number of amides is 1. The molecule has 8 heteroatoms. The fourth-order valence-electron chi connectivity index (χ4n) is 3.54. The molecule has 1 aliphatic rings. The number of rotatable bonds is 6. The number of aliphatic imine (C=N–C) groups is 1. The SMILES string of the molecule is COc1cc(/C=C2\SC(=Nc3cc(C)c(Br)c(C)c3)NC2=O)ccc1OCc1ccccc1C#N. The lowest BCUT2D eigenvalue weighted by atomic mass is 10.1. The highest BCUT2D eigenvalue weighted by Gasteiger charge is 2.24. The fourth-order valence-corrected chi connectivity index (χ4v) is 4.61. The number of carbonyl (C=O) groups excluding carboxylic acids is 1. The van der Waals surface area contributed by atoms with Gasteiger partial charge in [-0.25, -0.2) is 4.99 Å². The number of ether oxygens (including phenoxy) is 2. The monoisotopic (exact) mass is 547 g/mol. The van der Waals surface area contributed by atoms with Gasteiger partial charge in [0.2, 0.25) is 0 Å². The van der Waals surface area contributed by atoms with Crippen molar-refractivity contribution in [3.05, 3.63) is 91.8 Å². The minimum Gasteiger partial charge on any atom is -0.493 e. The first-order valence-electron chi connectivity index (χ1n) is 10.7. The second-order valence-electron chi connectivity index (χ2n) is 7.84. The minimum absolute atomic E-state index is 0.202. The molecule has 0 aliphatic carbocycles. The summed E-state index contributed by atoms with van der Waals surface area (Å²) < 4.78 is 12.5. The van der Waals surface area contributed by atoms with E-state index >= 15 is 0 Å². The van der Waals surface area contributed by atoms with Gasteiger partial charge in [0, 0.05) is 10.0 Å². The zero-order chi connectivity index (χ0) is 24.9. The summed E-state index contributed by atoms with van der Waals surface area (Å²) in [6.07, 6.45) is 1.79. The molecule has 0 spiro atoms. The van der Waals surface area contributed by atoms with E-state index in [0.29, 0.717) is 27.1 Å². The van der Waals surface area contributed by atoms with Crippen LogP contribution in [0.25, 0.3) is 6.08 Å². The summed E-state index contributed by atoms with van der Waals surface area (Å²) in [7, 11) is 1.56. The number of nitriles is 1. The Bertz CT molecular complexity index is 1390. The molecule has 0 atom stereocenters. The molecule has 3 aromatic carbocycles. The van der Waals surface area contributed by atoms with Gasteiger partial charge < -0.3 is 14.8 Å². The Kier molecular flexibility index (Phi) is 7.59. The Morgan fingerprint density at radius 1 is 1.11 bits per heavy atom. The lowest BCUT2D eigenvalue weighted by Gasteiger charge is -2.12. The number of nitrogens with zero attached hydrogens (tertiary/aromatic N) is 2. The lowest BCUT2D eigenvalue weighted by molar-refractivity contribution is -0.115. The number of hydrogen-bond donors (Lipinski definition) is 1. The van der Waals surface area contributed by atoms with Crippen molar-refractivity contribution in [3.8, 4) is 17.6 Å². The molecule has 1 amide bonds. The summed E-state index contributed by atoms with van der Waals surface area (Å²) in [5.41, 5.74) is 5.11. The van der Waals surface area contributed by atoms with Crippen LogP contribution in [0.15, 0.2) is 69.0 Å². The number of nitrogens with one attached hydrogen (secondary N) is 1. The van der Waals surface area contributed by atoms with Crippen molar-refractivity contribution in [3.63, 3.8) is 0 Å². The van der Waals surface area contributed by atoms with E-state index in [9.17, 15) is 10.1 Å². The van der Waals surface area contributed by atoms with E-state index in [2.05, 4.69) is 32.3 Å². The van der Waals surface area contributed by atoms with Crippen molar-refractivity contribution in [1.82, 2.24) is 5.32 Å². The molecule has 0 bridgehead atoms. The molecule has 1 saturated heterocycles. The molecule has 1 N–H and O–H groups in total. The average Bonchev–Trinajstić information content (AvgIpc) is 3.19. The van der Waals surface area contributed by atoms with Crippen LogP contribution in [0.4, 0.5) is 5.69 Å². The van der Waals surface area contributed by atoms with Gasteiger partial charge in [0.05, 0.1) is 29.3 Å². The van der Waals surface area contributed by atoms with E-state index < -0.39 is 0 Å². The van der Waals surface area contributed by atoms with Gasteiger partial charge in [-0.2, -0.15) is 5.26 Å². The first kappa shape index (κ1) is 24.6. The molecule has 0 unspecified atom stereocenters. The van der Waals surface area contributed by atoms with Crippen molar-refractivity contribution in [2.24, 2.45) is 4.99 Å². The number of carbonyl (C=O) groups is 1. The van der Waals surface area contributed by atoms with Crippen molar-refractivity contribution < 1.29 is 14.3 Å². The maximum atomic E-state index is 12.5. The van der Waals surface area contributed by atoms with Crippen LogP contribution in [0, 0.1) is 25.2 Å². The third-order valence-corrected chi connectivity index (χ3v) is 7.47. The number of halogens is 1. The molecule has 176 valence electrons. The van der Waals surface area contributed by atoms with Crippen molar-refractivity contribution >= 4 is 50.5 Å². The summed E-state index contributed by atoms with van der Waals surface area (Å²) in [4.78, 5) is 17.7. The summed E-state index contributed by atoms with van der Waals surface area (Å²) in [6, 6.07) is 18.9. The number of aryl methyl sites for hydroxylation is 2. The van der Waals surface area contributed by atoms with E-state index in [1.54, 1.807) is 25.3 Å². The van der Waals surface area contributed by atoms with Crippen LogP contribution in [0.1, 0.15) is 27.8 Å². The number of methoxy groups -OCH3 is 1. The first-order chi connectivity index (χ1) is 16.9. The highest BCUT2D eigenvalue weighted by atomic mass is 79.9. The van der Waals surface area contributed by atoms with Gasteiger partial charge in [-0.15, -0.1) is 0 Å². The smallest absolute Gasteiger partial charge is 0.264 e. The predicted molar refractivity (Wildman–Crippen MR) is 143 cm³/mol. The molecule has 1 fully saturated rings. The molecule has 0 aromatic heterocycles. The molecule has 0 radical (unpaired) electrons. The first-order valence-corrected chi connectivity index (χ1v) is 12.3. The van der Waals surface area contributed by atoms with E-state index in [1.165, 1.54) is 11.8 Å². The summed E-state index contributed by atoms with van der Waals surface area (Å²) in [5, 5.41) is 12.6. The predicted octanol–water partition coefficient (Wildman–Crippen LogP) is 6.42. The molecule has 3 aromatic rings. The Morgan fingerprint density at radius 3 is 2.57 bits per heavy atom. The van der Waals surface area contributed by atoms with E-state index in [0.717, 1.165) is 32.4 Å². The van der Waals surface area contributed by atoms with E-state index in [-0.39, 0.29) is 12.5 Å². The maximum Gasteiger partial charge on any atom is 0.264 e. The normalized spacial score (nSPS) is 15.2. The number of thioether (sulfide) groups is 1. The number of amidine groups is 1. The second-order valence-corrected chi connectivity index (χ2v) is 9.67. The van der Waals surface area contributed by atoms with Crippen molar-refractivity contribution in [1.29, 1.82) is 5.26 Å². The molecule has 1 aliphatic heterocycles. The second kappa shape index (κ2) is 10.8. The molecule has 6 nitrogen and oxygen atoms in total. The Labute approximate surface area is 216 Å². The van der Waals surface area contributed by atoms with E-state index in [1.807, 2.05) is 56.3 Å². The molecule has 0 saturated carbocycles. The maximum absolute atomic E-state index is 12.5. The third-order valence-electron chi connectivity index (χ3n) is 5.31. The molecular weight excluding hydrogens is 526 g/mol. The zero-order valence-corrected chi connectivity index (χ0v) is 21.8. The zero-order valence-electron chi connectivity index (χ0n) is 19.4. The lowest BCUT2D eigenvalue weighted by Crippen LogP contribution is -2.19. The van der Waals surface area contributed by atoms with Gasteiger partial charge in [-0.1, -0.05) is 40.2 Å². The summed E-state index contributed by atoms with van der Waals surface area (Å²) >= 11 is 4.85. The van der Waals surface area contributed by atoms with Gasteiger partial charge in [0.15, 0.2) is 16.7 Å². The van der Waals surface area contributed by atoms with Gasteiger partial charge in [-0.3, -0.25) is 4.79 Å². The average molecular weight is 548 g/mol. The molecule has 4 rings (SSSR count). The van der Waals surface area contributed by atoms with Crippen LogP contribution in [0.3, 0.4) is 0 Å². The largest absolute Gasteiger partial charge is 0.493 e. The summed E-state index contributed by atoms with van der Waals surface area (Å²) in [6.45, 7) is 4.26. The third kappa shape index (κ3) is 5.76. The van der Waals surface area contributed by atoms with Crippen molar-refractivity contribution in [2.75, 3.05) is 7.11 Å². The van der Waals surface area contributed by atoms with Crippen LogP contribution in [-0.2, 0) is 11.4 Å². The van der Waals surface area contributed by atoms with Crippen LogP contribution in [0.5, 0.6) is 11.5 Å². The Hall–Kier alpha value is -3.54. The topological polar surface area (TPSA) is 83.7 Å². The van der Waals surface area contributed by atoms with Gasteiger partial charge >= 0.3 is 0 Å². The van der Waals surface area contributed by atoms with Gasteiger partial charge in [0.25, 0.3) is 5.91 Å². The summed E-state index contributed by atoms with van der Waals surface area (Å²) in [5.74, 6) is 0.882. The molecular formula is C27H22BrN3O3S. The van der Waals surface area contributed by atoms with E-state index in [4.69, 9.17) is 9.47 Å². The Morgan fingerprint density at radius 2 is 1.86 bits per heavy atom. The minimum atomic E-state index is -0.202. The fraction of sp³-hybridized carbons (Fsp3) is 0.148. The number of benzene rings is 3. The highest BCUT2D eigenvalue weighted by Crippen LogP contribution is 2.33. The van der Waals surface area contributed by atoms with Crippen LogP contribution < -0.4 is 14.8 Å². The Balaban J connectivity index is 1.51. The van der Waals surface area contributed by atoms with Crippen LogP contribution >= 0.6 is 27.7 Å². The van der Waals surface area contributed by atoms with Crippen molar-refractivity contribution in [2.45, 2.75) is 20.5 Å². The number of hydrogen-bond acceptors (Lipinski definition) is 6. The standard InChI is InChI=1S/C27H22BrN3O3S/c1-16-10-21(11-17(2)25(16)28)30-27-31-26(32)24(35-27)13-18-8-9-22(23(12-18)33-3)34-15-20-7-5-4-6-19(20)14-29/h4-13H,15H2,1-3H3,(H,30,31,32)/b24-13-. The van der Waals surface area contributed by atoms with Gasteiger partial charge in [0.1, 0.15) is 6.61 Å². The van der Waals surface area contributed by atoms with Crippen LogP contribution in [0.2, 0.25) is 0 Å². The molecule has 35 heavy (non-hydrogen) atoms. The quantitative estimate of drug-likeness (QED) is 0.360. The molecule has 1 heterocycles. The highest BCUT2D eigenvalue weighted by molar-refractivity contribution is 9.10.